The average molecular weight is 284 g/mol. The second kappa shape index (κ2) is 6.15. The van der Waals surface area contributed by atoms with Crippen molar-refractivity contribution in [3.63, 3.8) is 0 Å². The van der Waals surface area contributed by atoms with Crippen LogP contribution in [-0.4, -0.2) is 43.5 Å². The Kier molecular flexibility index (Phi) is 4.53. The number of hydrogen-bond donors (Lipinski definition) is 0. The number of hydrogen-bond acceptors (Lipinski definition) is 3. The fraction of sp³-hybridized carbons (Fsp3) is 0.500. The molecule has 1 saturated heterocycles. The molecule has 0 aliphatic carbocycles. The molecule has 0 aromatic heterocycles. The maximum atomic E-state index is 12.5. The Morgan fingerprint density at radius 2 is 2.16 bits per heavy atom. The second-order valence-electron chi connectivity index (χ2n) is 4.56. The molecular formula is C14H18ClNO3. The molecule has 0 bridgehead atoms. The number of alkyl halides is 1. The molecule has 4 nitrogen and oxygen atoms in total. The lowest BCUT2D eigenvalue weighted by Gasteiger charge is -2.30. The van der Waals surface area contributed by atoms with Gasteiger partial charge in [0.25, 0.3) is 5.91 Å². The van der Waals surface area contributed by atoms with Crippen LogP contribution in [0.2, 0.25) is 0 Å². The van der Waals surface area contributed by atoms with Gasteiger partial charge in [-0.2, -0.15) is 0 Å². The van der Waals surface area contributed by atoms with Crippen molar-refractivity contribution in [3.05, 3.63) is 23.8 Å². The lowest BCUT2D eigenvalue weighted by Crippen LogP contribution is -2.40. The number of benzene rings is 1. The molecule has 1 aromatic rings. The number of amides is 1. The monoisotopic (exact) mass is 283 g/mol. The van der Waals surface area contributed by atoms with Gasteiger partial charge >= 0.3 is 0 Å². The maximum Gasteiger partial charge on any atom is 0.257 e. The smallest absolute Gasteiger partial charge is 0.257 e. The zero-order valence-electron chi connectivity index (χ0n) is 11.2. The van der Waals surface area contributed by atoms with Crippen LogP contribution in [0.25, 0.3) is 0 Å². The highest BCUT2D eigenvalue weighted by atomic mass is 35.5. The summed E-state index contributed by atoms with van der Waals surface area (Å²) in [4.78, 5) is 14.3. The first-order valence-corrected chi connectivity index (χ1v) is 6.74. The highest BCUT2D eigenvalue weighted by Crippen LogP contribution is 2.27. The van der Waals surface area contributed by atoms with Crippen LogP contribution in [-0.2, 0) is 0 Å². The molecule has 1 heterocycles. The van der Waals surface area contributed by atoms with Gasteiger partial charge in [-0.15, -0.1) is 11.6 Å². The summed E-state index contributed by atoms with van der Waals surface area (Å²) in [5.74, 6) is 1.16. The first kappa shape index (κ1) is 14.0. The van der Waals surface area contributed by atoms with E-state index in [0.29, 0.717) is 23.6 Å². The molecule has 1 unspecified atom stereocenters. The molecule has 0 radical (unpaired) electrons. The SMILES string of the molecule is COc1ccc(C(=O)N2CCCC(Cl)C2)c(OC)c1. The molecule has 0 N–H and O–H groups in total. The molecular weight excluding hydrogens is 266 g/mol. The normalized spacial score (nSPS) is 19.1. The predicted octanol–water partition coefficient (Wildman–Crippen LogP) is 2.55. The summed E-state index contributed by atoms with van der Waals surface area (Å²) < 4.78 is 10.4. The van der Waals surface area contributed by atoms with Gasteiger partial charge in [0.15, 0.2) is 0 Å². The van der Waals surface area contributed by atoms with Gasteiger partial charge in [0.1, 0.15) is 11.5 Å². The molecule has 1 aliphatic rings. The Hall–Kier alpha value is -1.42. The first-order chi connectivity index (χ1) is 9.15. The lowest BCUT2D eigenvalue weighted by atomic mass is 10.1. The fourth-order valence-corrected chi connectivity index (χ4v) is 2.58. The molecule has 0 saturated carbocycles. The number of halogens is 1. The summed E-state index contributed by atoms with van der Waals surface area (Å²) in [6, 6.07) is 5.21. The van der Waals surface area contributed by atoms with E-state index in [2.05, 4.69) is 0 Å². The number of methoxy groups -OCH3 is 2. The van der Waals surface area contributed by atoms with Crippen molar-refractivity contribution in [1.82, 2.24) is 4.90 Å². The zero-order valence-corrected chi connectivity index (χ0v) is 11.9. The summed E-state index contributed by atoms with van der Waals surface area (Å²) >= 11 is 6.12. The van der Waals surface area contributed by atoms with Gasteiger partial charge < -0.3 is 14.4 Å². The van der Waals surface area contributed by atoms with E-state index < -0.39 is 0 Å². The van der Waals surface area contributed by atoms with Crippen LogP contribution in [0, 0.1) is 0 Å². The van der Waals surface area contributed by atoms with E-state index in [-0.39, 0.29) is 11.3 Å². The number of carbonyl (C=O) groups excluding carboxylic acids is 1. The summed E-state index contributed by atoms with van der Waals surface area (Å²) in [5.41, 5.74) is 0.550. The van der Waals surface area contributed by atoms with Crippen LogP contribution in [0.3, 0.4) is 0 Å². The van der Waals surface area contributed by atoms with Crippen LogP contribution in [0.5, 0.6) is 11.5 Å². The quantitative estimate of drug-likeness (QED) is 0.800. The van der Waals surface area contributed by atoms with E-state index in [0.717, 1.165) is 19.4 Å². The average Bonchev–Trinajstić information content (AvgIpc) is 2.45. The van der Waals surface area contributed by atoms with Gasteiger partial charge in [-0.3, -0.25) is 4.79 Å². The van der Waals surface area contributed by atoms with Crippen molar-refractivity contribution in [2.24, 2.45) is 0 Å². The first-order valence-electron chi connectivity index (χ1n) is 6.31. The van der Waals surface area contributed by atoms with Crippen molar-refractivity contribution in [3.8, 4) is 11.5 Å². The molecule has 2 rings (SSSR count). The predicted molar refractivity (Wildman–Crippen MR) is 74.3 cm³/mol. The Morgan fingerprint density at radius 1 is 1.37 bits per heavy atom. The molecule has 1 aromatic carbocycles. The van der Waals surface area contributed by atoms with Gasteiger partial charge in [-0.05, 0) is 25.0 Å². The summed E-state index contributed by atoms with van der Waals surface area (Å²) in [6.07, 6.45) is 1.91. The Bertz CT molecular complexity index is 464. The molecule has 1 aliphatic heterocycles. The Morgan fingerprint density at radius 3 is 2.79 bits per heavy atom. The van der Waals surface area contributed by atoms with Gasteiger partial charge in [0, 0.05) is 19.2 Å². The van der Waals surface area contributed by atoms with E-state index in [4.69, 9.17) is 21.1 Å². The second-order valence-corrected chi connectivity index (χ2v) is 5.17. The van der Waals surface area contributed by atoms with Crippen molar-refractivity contribution < 1.29 is 14.3 Å². The number of likely N-dealkylation sites (tertiary alicyclic amines) is 1. The number of ether oxygens (including phenoxy) is 2. The topological polar surface area (TPSA) is 38.8 Å². The number of nitrogens with zero attached hydrogens (tertiary/aromatic N) is 1. The van der Waals surface area contributed by atoms with E-state index in [1.165, 1.54) is 0 Å². The van der Waals surface area contributed by atoms with Crippen LogP contribution < -0.4 is 9.47 Å². The van der Waals surface area contributed by atoms with Crippen molar-refractivity contribution >= 4 is 17.5 Å². The minimum atomic E-state index is -0.0372. The molecule has 0 spiro atoms. The van der Waals surface area contributed by atoms with Crippen LogP contribution in [0.1, 0.15) is 23.2 Å². The Balaban J connectivity index is 2.22. The summed E-state index contributed by atoms with van der Waals surface area (Å²) in [7, 11) is 3.13. The molecule has 5 heteroatoms. The molecule has 1 fully saturated rings. The van der Waals surface area contributed by atoms with Gasteiger partial charge in [0.2, 0.25) is 0 Å². The van der Waals surface area contributed by atoms with Gasteiger partial charge in [-0.1, -0.05) is 0 Å². The number of rotatable bonds is 3. The maximum absolute atomic E-state index is 12.5. The highest BCUT2D eigenvalue weighted by Gasteiger charge is 2.25. The molecule has 104 valence electrons. The minimum absolute atomic E-state index is 0.0372. The van der Waals surface area contributed by atoms with Crippen molar-refractivity contribution in [2.75, 3.05) is 27.3 Å². The third-order valence-electron chi connectivity index (χ3n) is 3.29. The van der Waals surface area contributed by atoms with Gasteiger partial charge in [0.05, 0.1) is 25.2 Å². The van der Waals surface area contributed by atoms with E-state index in [1.807, 2.05) is 0 Å². The third-order valence-corrected chi connectivity index (χ3v) is 3.65. The number of piperidine rings is 1. The van der Waals surface area contributed by atoms with Crippen LogP contribution in [0.15, 0.2) is 18.2 Å². The molecule has 1 amide bonds. The fourth-order valence-electron chi connectivity index (χ4n) is 2.26. The summed E-state index contributed by atoms with van der Waals surface area (Å²) in [5, 5.41) is 0.0435. The van der Waals surface area contributed by atoms with E-state index in [9.17, 15) is 4.79 Å². The van der Waals surface area contributed by atoms with Crippen LogP contribution in [0.4, 0.5) is 0 Å². The largest absolute Gasteiger partial charge is 0.497 e. The third kappa shape index (κ3) is 3.13. The zero-order chi connectivity index (χ0) is 13.8. The lowest BCUT2D eigenvalue weighted by molar-refractivity contribution is 0.0723. The molecule has 1 atom stereocenters. The summed E-state index contributed by atoms with van der Waals surface area (Å²) in [6.45, 7) is 1.34. The minimum Gasteiger partial charge on any atom is -0.497 e. The van der Waals surface area contributed by atoms with Crippen molar-refractivity contribution in [1.29, 1.82) is 0 Å². The highest BCUT2D eigenvalue weighted by molar-refractivity contribution is 6.21. The van der Waals surface area contributed by atoms with Gasteiger partial charge in [-0.25, -0.2) is 0 Å². The standard InChI is InChI=1S/C14H18ClNO3/c1-18-11-5-6-12(13(8-11)19-2)14(17)16-7-3-4-10(15)9-16/h5-6,8,10H,3-4,7,9H2,1-2H3. The molecule has 19 heavy (non-hydrogen) atoms. The van der Waals surface area contributed by atoms with E-state index in [1.54, 1.807) is 37.3 Å². The Labute approximate surface area is 118 Å². The number of carbonyl (C=O) groups is 1. The van der Waals surface area contributed by atoms with Crippen molar-refractivity contribution in [2.45, 2.75) is 18.2 Å². The van der Waals surface area contributed by atoms with E-state index >= 15 is 0 Å². The van der Waals surface area contributed by atoms with Crippen LogP contribution >= 0.6 is 11.6 Å².